The van der Waals surface area contributed by atoms with Gasteiger partial charge in [0.05, 0.1) is 12.6 Å². The molecule has 1 saturated heterocycles. The fourth-order valence-electron chi connectivity index (χ4n) is 3.21. The van der Waals surface area contributed by atoms with Crippen LogP contribution in [0, 0.1) is 18.8 Å². The number of benzene rings is 1. The Morgan fingerprint density at radius 1 is 1.33 bits per heavy atom. The summed E-state index contributed by atoms with van der Waals surface area (Å²) in [5.41, 5.74) is 8.29. The summed E-state index contributed by atoms with van der Waals surface area (Å²) < 4.78 is 11.3. The lowest BCUT2D eigenvalue weighted by molar-refractivity contribution is -0.124. The average Bonchev–Trinajstić information content (AvgIpc) is 2.64. The smallest absolute Gasteiger partial charge is 0.237 e. The predicted octanol–water partition coefficient (Wildman–Crippen LogP) is 3.60. The predicted molar refractivity (Wildman–Crippen MR) is 111 cm³/mol. The molecule has 1 amide bonds. The number of nitrogens with two attached hydrogens (primary N) is 1. The Bertz CT molecular complexity index is 575. The molecular weight excluding hydrogens is 364 g/mol. The Morgan fingerprint density at radius 2 is 2.04 bits per heavy atom. The number of rotatable bonds is 9. The number of carbonyl (C=O) groups excluding carboxylic acids is 1. The van der Waals surface area contributed by atoms with E-state index in [0.717, 1.165) is 42.6 Å². The number of nitrogens with one attached hydrogen (secondary N) is 1. The van der Waals surface area contributed by atoms with E-state index < -0.39 is 6.04 Å². The maximum absolute atomic E-state index is 12.4. The van der Waals surface area contributed by atoms with Crippen LogP contribution in [0.15, 0.2) is 18.2 Å². The van der Waals surface area contributed by atoms with Crippen LogP contribution < -0.4 is 15.8 Å². The summed E-state index contributed by atoms with van der Waals surface area (Å²) in [7, 11) is 0. The molecule has 0 aromatic heterocycles. The Hall–Kier alpha value is -1.30. The highest BCUT2D eigenvalue weighted by Crippen LogP contribution is 2.22. The standard InChI is InChI=1S/C21H34N2O3.ClH/c1-15(2)5-4-10-26-19-13-16(3)6-7-18(19)14-23-21(24)20(22)17-8-11-25-12-9-17;/h6-7,13,15,17,20H,4-5,8-12,14,22H2,1-3H3,(H,23,24);1H. The van der Waals surface area contributed by atoms with Gasteiger partial charge in [0.15, 0.2) is 0 Å². The number of hydrogen-bond acceptors (Lipinski definition) is 4. The van der Waals surface area contributed by atoms with E-state index in [1.54, 1.807) is 0 Å². The van der Waals surface area contributed by atoms with Gasteiger partial charge >= 0.3 is 0 Å². The molecule has 0 saturated carbocycles. The van der Waals surface area contributed by atoms with E-state index in [1.165, 1.54) is 0 Å². The normalized spacial score (nSPS) is 15.9. The first kappa shape index (κ1) is 23.7. The maximum atomic E-state index is 12.4. The number of hydrogen-bond donors (Lipinski definition) is 2. The number of ether oxygens (including phenoxy) is 2. The summed E-state index contributed by atoms with van der Waals surface area (Å²) in [5, 5.41) is 2.98. The van der Waals surface area contributed by atoms with Crippen molar-refractivity contribution in [1.82, 2.24) is 5.32 Å². The fourth-order valence-corrected chi connectivity index (χ4v) is 3.21. The van der Waals surface area contributed by atoms with Crippen LogP contribution in [0.5, 0.6) is 5.75 Å². The third-order valence-corrected chi connectivity index (χ3v) is 4.94. The molecule has 27 heavy (non-hydrogen) atoms. The lowest BCUT2D eigenvalue weighted by atomic mass is 9.92. The van der Waals surface area contributed by atoms with E-state index in [0.29, 0.717) is 32.3 Å². The van der Waals surface area contributed by atoms with Crippen LogP contribution in [0.1, 0.15) is 50.7 Å². The number of halogens is 1. The molecule has 154 valence electrons. The van der Waals surface area contributed by atoms with Crippen molar-refractivity contribution in [2.45, 2.75) is 59.0 Å². The van der Waals surface area contributed by atoms with E-state index in [4.69, 9.17) is 15.2 Å². The molecule has 1 aromatic rings. The minimum absolute atomic E-state index is 0. The molecule has 1 aliphatic rings. The second kappa shape index (κ2) is 12.2. The molecule has 1 heterocycles. The quantitative estimate of drug-likeness (QED) is 0.623. The monoisotopic (exact) mass is 398 g/mol. The van der Waals surface area contributed by atoms with E-state index in [-0.39, 0.29) is 24.2 Å². The van der Waals surface area contributed by atoms with Gasteiger partial charge in [-0.1, -0.05) is 26.0 Å². The second-order valence-corrected chi connectivity index (χ2v) is 7.69. The first-order valence-electron chi connectivity index (χ1n) is 9.80. The molecule has 0 aliphatic carbocycles. The van der Waals surface area contributed by atoms with Gasteiger partial charge in [-0.25, -0.2) is 0 Å². The SMILES string of the molecule is Cc1ccc(CNC(=O)C(N)C2CCOCC2)c(OCCCC(C)C)c1.Cl. The van der Waals surface area contributed by atoms with Crippen molar-refractivity contribution in [1.29, 1.82) is 0 Å². The van der Waals surface area contributed by atoms with Gasteiger partial charge in [0.25, 0.3) is 0 Å². The van der Waals surface area contributed by atoms with E-state index in [9.17, 15) is 4.79 Å². The fraction of sp³-hybridized carbons (Fsp3) is 0.667. The van der Waals surface area contributed by atoms with Gasteiger partial charge in [-0.3, -0.25) is 4.79 Å². The summed E-state index contributed by atoms with van der Waals surface area (Å²) in [4.78, 5) is 12.4. The minimum atomic E-state index is -0.472. The van der Waals surface area contributed by atoms with E-state index in [1.807, 2.05) is 25.1 Å². The third kappa shape index (κ3) is 8.08. The number of carbonyl (C=O) groups is 1. The molecule has 0 spiro atoms. The zero-order valence-electron chi connectivity index (χ0n) is 16.8. The topological polar surface area (TPSA) is 73.6 Å². The van der Waals surface area contributed by atoms with Crippen molar-refractivity contribution in [3.8, 4) is 5.75 Å². The van der Waals surface area contributed by atoms with Crippen LogP contribution in [-0.2, 0) is 16.1 Å². The van der Waals surface area contributed by atoms with Crippen LogP contribution >= 0.6 is 12.4 Å². The van der Waals surface area contributed by atoms with Crippen molar-refractivity contribution in [3.63, 3.8) is 0 Å². The van der Waals surface area contributed by atoms with Crippen LogP contribution in [0.2, 0.25) is 0 Å². The van der Waals surface area contributed by atoms with E-state index in [2.05, 4.69) is 19.2 Å². The first-order chi connectivity index (χ1) is 12.5. The van der Waals surface area contributed by atoms with Gasteiger partial charge in [-0.05, 0) is 56.1 Å². The number of aryl methyl sites for hydroxylation is 1. The second-order valence-electron chi connectivity index (χ2n) is 7.69. The molecule has 2 rings (SSSR count). The lowest BCUT2D eigenvalue weighted by Gasteiger charge is -2.26. The average molecular weight is 399 g/mol. The summed E-state index contributed by atoms with van der Waals surface area (Å²) in [6.07, 6.45) is 3.89. The van der Waals surface area contributed by atoms with Crippen LogP contribution in [-0.4, -0.2) is 31.8 Å². The van der Waals surface area contributed by atoms with Crippen molar-refractivity contribution in [3.05, 3.63) is 29.3 Å². The van der Waals surface area contributed by atoms with Crippen LogP contribution in [0.25, 0.3) is 0 Å². The van der Waals surface area contributed by atoms with Gasteiger partial charge in [0, 0.05) is 25.3 Å². The Balaban J connectivity index is 0.00000364. The number of amides is 1. The van der Waals surface area contributed by atoms with Crippen molar-refractivity contribution in [2.24, 2.45) is 17.6 Å². The minimum Gasteiger partial charge on any atom is -0.493 e. The Morgan fingerprint density at radius 3 is 2.70 bits per heavy atom. The molecule has 1 aliphatic heterocycles. The molecular formula is C21H35ClN2O3. The molecule has 0 bridgehead atoms. The van der Waals surface area contributed by atoms with Crippen molar-refractivity contribution in [2.75, 3.05) is 19.8 Å². The van der Waals surface area contributed by atoms with Gasteiger partial charge < -0.3 is 20.5 Å². The van der Waals surface area contributed by atoms with Crippen LogP contribution in [0.3, 0.4) is 0 Å². The first-order valence-corrected chi connectivity index (χ1v) is 9.80. The molecule has 1 unspecified atom stereocenters. The largest absolute Gasteiger partial charge is 0.493 e. The molecule has 1 fully saturated rings. The van der Waals surface area contributed by atoms with E-state index >= 15 is 0 Å². The molecule has 5 nitrogen and oxygen atoms in total. The maximum Gasteiger partial charge on any atom is 0.237 e. The molecule has 1 atom stereocenters. The van der Waals surface area contributed by atoms with Crippen molar-refractivity contribution >= 4 is 18.3 Å². The highest BCUT2D eigenvalue weighted by molar-refractivity contribution is 5.85. The van der Waals surface area contributed by atoms with Gasteiger partial charge in [-0.15, -0.1) is 12.4 Å². The Kier molecular flexibility index (Phi) is 10.7. The van der Waals surface area contributed by atoms with Crippen molar-refractivity contribution < 1.29 is 14.3 Å². The molecule has 0 radical (unpaired) electrons. The highest BCUT2D eigenvalue weighted by Gasteiger charge is 2.26. The molecule has 6 heteroatoms. The highest BCUT2D eigenvalue weighted by atomic mass is 35.5. The Labute approximate surface area is 169 Å². The lowest BCUT2D eigenvalue weighted by Crippen LogP contribution is -2.46. The molecule has 1 aromatic carbocycles. The van der Waals surface area contributed by atoms with Crippen LogP contribution in [0.4, 0.5) is 0 Å². The van der Waals surface area contributed by atoms with Gasteiger partial charge in [0.1, 0.15) is 5.75 Å². The summed E-state index contributed by atoms with van der Waals surface area (Å²) in [6, 6.07) is 5.63. The van der Waals surface area contributed by atoms with Gasteiger partial charge in [-0.2, -0.15) is 0 Å². The zero-order valence-corrected chi connectivity index (χ0v) is 17.6. The summed E-state index contributed by atoms with van der Waals surface area (Å²) in [6.45, 7) is 9.00. The zero-order chi connectivity index (χ0) is 18.9. The summed E-state index contributed by atoms with van der Waals surface area (Å²) >= 11 is 0. The summed E-state index contributed by atoms with van der Waals surface area (Å²) in [5.74, 6) is 1.65. The third-order valence-electron chi connectivity index (χ3n) is 4.94. The van der Waals surface area contributed by atoms with Gasteiger partial charge in [0.2, 0.25) is 5.91 Å². The molecule has 3 N–H and O–H groups in total.